The first-order valence-electron chi connectivity index (χ1n) is 9.46. The fraction of sp³-hybridized carbons (Fsp3) is 0.381. The number of aromatic amines is 1. The van der Waals surface area contributed by atoms with Crippen LogP contribution in [0.1, 0.15) is 21.6 Å². The number of nitrogens with zero attached hydrogens (tertiary/aromatic N) is 2. The van der Waals surface area contributed by atoms with Gasteiger partial charge in [0, 0.05) is 24.5 Å². The molecule has 1 N–H and O–H groups in total. The number of alkyl halides is 2. The first-order chi connectivity index (χ1) is 14.2. The summed E-state index contributed by atoms with van der Waals surface area (Å²) >= 11 is 0. The second-order valence-electron chi connectivity index (χ2n) is 7.83. The second kappa shape index (κ2) is 6.93. The van der Waals surface area contributed by atoms with Crippen molar-refractivity contribution in [2.45, 2.75) is 24.8 Å². The highest BCUT2D eigenvalue weighted by atomic mass is 19.2. The van der Waals surface area contributed by atoms with Gasteiger partial charge in [0.15, 0.2) is 11.1 Å². The Balaban J connectivity index is 1.54. The Hall–Kier alpha value is -3.23. The van der Waals surface area contributed by atoms with Crippen molar-refractivity contribution in [3.8, 4) is 5.75 Å². The number of carbonyl (C=O) groups is 2. The molecule has 2 atom stereocenters. The Morgan fingerprint density at radius 1 is 1.20 bits per heavy atom. The van der Waals surface area contributed by atoms with Gasteiger partial charge in [-0.15, -0.1) is 0 Å². The van der Waals surface area contributed by atoms with E-state index in [9.17, 15) is 14.4 Å². The van der Waals surface area contributed by atoms with Gasteiger partial charge in [-0.25, -0.2) is 8.78 Å². The number of carbonyl (C=O) groups excluding carboxylic acids is 2. The van der Waals surface area contributed by atoms with Gasteiger partial charge in [-0.1, -0.05) is 12.1 Å². The number of pyridine rings is 1. The molecule has 0 saturated carbocycles. The van der Waals surface area contributed by atoms with Crippen molar-refractivity contribution in [3.63, 3.8) is 0 Å². The van der Waals surface area contributed by atoms with Crippen LogP contribution in [0, 0.1) is 6.92 Å². The zero-order valence-corrected chi connectivity index (χ0v) is 16.6. The number of fused-ring (bicyclic) bond motifs is 1. The number of H-pyrrole nitrogens is 1. The third-order valence-corrected chi connectivity index (χ3v) is 5.71. The number of halogens is 2. The van der Waals surface area contributed by atoms with Gasteiger partial charge in [-0.2, -0.15) is 0 Å². The van der Waals surface area contributed by atoms with Crippen molar-refractivity contribution in [1.82, 2.24) is 14.8 Å². The summed E-state index contributed by atoms with van der Waals surface area (Å²) in [7, 11) is 1.50. The maximum absolute atomic E-state index is 15.6. The maximum Gasteiger partial charge on any atom is 0.266 e. The fourth-order valence-corrected chi connectivity index (χ4v) is 4.12. The number of hydrogen-bond acceptors (Lipinski definition) is 4. The van der Waals surface area contributed by atoms with Gasteiger partial charge < -0.3 is 19.5 Å². The zero-order valence-electron chi connectivity index (χ0n) is 16.6. The normalized spacial score (nSPS) is 25.5. The predicted octanol–water partition coefficient (Wildman–Crippen LogP) is 1.61. The Morgan fingerprint density at radius 3 is 2.63 bits per heavy atom. The van der Waals surface area contributed by atoms with Gasteiger partial charge in [-0.3, -0.25) is 14.4 Å². The fourth-order valence-electron chi connectivity index (χ4n) is 4.12. The minimum atomic E-state index is -2.85. The van der Waals surface area contributed by atoms with Crippen LogP contribution in [0.15, 0.2) is 41.3 Å². The lowest BCUT2D eigenvalue weighted by Crippen LogP contribution is -2.47. The molecule has 0 spiro atoms. The summed E-state index contributed by atoms with van der Waals surface area (Å²) in [4.78, 5) is 42.3. The molecule has 1 aromatic heterocycles. The zero-order chi connectivity index (χ0) is 21.7. The van der Waals surface area contributed by atoms with Gasteiger partial charge in [-0.05, 0) is 24.6 Å². The molecule has 3 heterocycles. The van der Waals surface area contributed by atoms with E-state index in [0.717, 1.165) is 9.80 Å². The van der Waals surface area contributed by atoms with Crippen molar-refractivity contribution >= 4 is 11.8 Å². The van der Waals surface area contributed by atoms with Crippen LogP contribution in [-0.2, 0) is 11.3 Å². The van der Waals surface area contributed by atoms with Crippen LogP contribution in [0.5, 0.6) is 5.75 Å². The average molecular weight is 417 g/mol. The van der Waals surface area contributed by atoms with Gasteiger partial charge in [0.05, 0.1) is 26.7 Å². The molecular weight excluding hydrogens is 396 g/mol. The van der Waals surface area contributed by atoms with E-state index >= 15 is 8.78 Å². The number of aryl methyl sites for hydroxylation is 1. The first-order valence-corrected chi connectivity index (χ1v) is 9.46. The lowest BCUT2D eigenvalue weighted by molar-refractivity contribution is -0.139. The van der Waals surface area contributed by atoms with Crippen molar-refractivity contribution < 1.29 is 23.1 Å². The number of nitrogens with one attached hydrogen (secondary N) is 1. The summed E-state index contributed by atoms with van der Waals surface area (Å²) in [5.41, 5.74) is -4.92. The average Bonchev–Trinajstić information content (AvgIpc) is 3.07. The number of amides is 2. The Morgan fingerprint density at radius 2 is 1.97 bits per heavy atom. The van der Waals surface area contributed by atoms with Crippen LogP contribution >= 0.6 is 0 Å². The maximum atomic E-state index is 15.6. The summed E-state index contributed by atoms with van der Waals surface area (Å²) in [5, 5.41) is 0. The Labute approximate surface area is 171 Å². The van der Waals surface area contributed by atoms with E-state index < -0.39 is 48.2 Å². The highest BCUT2D eigenvalue weighted by Gasteiger charge is 2.71. The van der Waals surface area contributed by atoms with E-state index in [2.05, 4.69) is 4.98 Å². The van der Waals surface area contributed by atoms with Crippen LogP contribution in [0.4, 0.5) is 8.78 Å². The van der Waals surface area contributed by atoms with E-state index in [1.807, 2.05) is 0 Å². The highest BCUT2D eigenvalue weighted by molar-refractivity contribution is 5.97. The van der Waals surface area contributed by atoms with E-state index in [4.69, 9.17) is 4.74 Å². The topological polar surface area (TPSA) is 82.7 Å². The second-order valence-corrected chi connectivity index (χ2v) is 7.83. The molecule has 7 nitrogen and oxygen atoms in total. The van der Waals surface area contributed by atoms with Gasteiger partial charge in [0.2, 0.25) is 5.67 Å². The third kappa shape index (κ3) is 3.05. The summed E-state index contributed by atoms with van der Waals surface area (Å²) in [6.07, 6.45) is 1.22. The molecule has 2 aliphatic heterocycles. The van der Waals surface area contributed by atoms with Crippen LogP contribution < -0.4 is 10.2 Å². The van der Waals surface area contributed by atoms with Crippen molar-refractivity contribution in [3.05, 3.63) is 63.6 Å². The van der Waals surface area contributed by atoms with Gasteiger partial charge >= 0.3 is 0 Å². The standard InChI is InChI=1S/C21H21F2N3O4/c1-13-6-17(27)16(8-24-13)18(28)26-11-20(22)10-25(19(29)21(20,23)12-26)9-14-4-3-5-15(7-14)30-2/h3-8H,9-12H2,1-2H3,(H,24,27)/t20-,21-/m1/s1. The molecule has 0 bridgehead atoms. The number of hydrogen-bond donors (Lipinski definition) is 1. The number of rotatable bonds is 4. The first kappa shape index (κ1) is 20.1. The molecule has 2 aromatic rings. The Bertz CT molecular complexity index is 1090. The molecule has 0 unspecified atom stereocenters. The number of likely N-dealkylation sites (tertiary alicyclic amines) is 2. The van der Waals surface area contributed by atoms with Crippen LogP contribution in [-0.4, -0.2) is 64.7 Å². The molecule has 2 fully saturated rings. The summed E-state index contributed by atoms with van der Waals surface area (Å²) in [6.45, 7) is -0.135. The number of ether oxygens (including phenoxy) is 1. The predicted molar refractivity (Wildman–Crippen MR) is 104 cm³/mol. The van der Waals surface area contributed by atoms with E-state index in [1.54, 1.807) is 31.2 Å². The largest absolute Gasteiger partial charge is 0.497 e. The molecule has 2 aliphatic rings. The molecule has 158 valence electrons. The van der Waals surface area contributed by atoms with Crippen molar-refractivity contribution in [2.75, 3.05) is 26.7 Å². The number of benzene rings is 1. The minimum absolute atomic E-state index is 0.0267. The van der Waals surface area contributed by atoms with Crippen LogP contribution in [0.2, 0.25) is 0 Å². The van der Waals surface area contributed by atoms with Crippen molar-refractivity contribution in [2.24, 2.45) is 0 Å². The van der Waals surface area contributed by atoms with Gasteiger partial charge in [0.25, 0.3) is 11.8 Å². The quantitative estimate of drug-likeness (QED) is 0.820. The minimum Gasteiger partial charge on any atom is -0.497 e. The molecule has 9 heteroatoms. The molecular formula is C21H21F2N3O4. The molecule has 1 aromatic carbocycles. The molecule has 4 rings (SSSR count). The molecule has 0 radical (unpaired) electrons. The Kier molecular flexibility index (Phi) is 4.63. The highest BCUT2D eigenvalue weighted by Crippen LogP contribution is 2.46. The van der Waals surface area contributed by atoms with Crippen molar-refractivity contribution in [1.29, 1.82) is 0 Å². The van der Waals surface area contributed by atoms with Gasteiger partial charge in [0.1, 0.15) is 11.3 Å². The summed E-state index contributed by atoms with van der Waals surface area (Å²) < 4.78 is 36.3. The van der Waals surface area contributed by atoms with E-state index in [-0.39, 0.29) is 12.1 Å². The summed E-state index contributed by atoms with van der Waals surface area (Å²) in [5.74, 6) is -1.22. The SMILES string of the molecule is COc1cccc(CN2C[C@@]3(F)CN(C(=O)c4c[nH]c(C)cc4=O)C[C@@]3(F)C2=O)c1. The molecule has 30 heavy (non-hydrogen) atoms. The molecule has 2 amide bonds. The molecule has 0 aliphatic carbocycles. The molecule has 2 saturated heterocycles. The number of aromatic nitrogens is 1. The number of methoxy groups -OCH3 is 1. The lowest BCUT2D eigenvalue weighted by Gasteiger charge is -2.22. The third-order valence-electron chi connectivity index (χ3n) is 5.71. The van der Waals surface area contributed by atoms with Crippen LogP contribution in [0.3, 0.4) is 0 Å². The summed E-state index contributed by atoms with van der Waals surface area (Å²) in [6, 6.07) is 8.12. The lowest BCUT2D eigenvalue weighted by atomic mass is 9.93. The van der Waals surface area contributed by atoms with E-state index in [1.165, 1.54) is 19.4 Å². The monoisotopic (exact) mass is 417 g/mol. The smallest absolute Gasteiger partial charge is 0.266 e. The van der Waals surface area contributed by atoms with Crippen LogP contribution in [0.25, 0.3) is 0 Å². The van der Waals surface area contributed by atoms with E-state index in [0.29, 0.717) is 17.0 Å².